The van der Waals surface area contributed by atoms with Crippen molar-refractivity contribution in [2.45, 2.75) is 39.0 Å². The average molecular weight is 394 g/mol. The molecule has 0 aliphatic carbocycles. The second-order valence-corrected chi connectivity index (χ2v) is 7.62. The number of benzene rings is 2. The number of carbonyl (C=O) groups is 1. The smallest absolute Gasteiger partial charge is 0.236 e. The van der Waals surface area contributed by atoms with Crippen LogP contribution in [0.4, 0.5) is 5.95 Å². The van der Waals surface area contributed by atoms with E-state index >= 15 is 0 Å². The molecule has 1 aromatic heterocycles. The molecule has 5 nitrogen and oxygen atoms in total. The van der Waals surface area contributed by atoms with Gasteiger partial charge in [-0.15, -0.1) is 0 Å². The summed E-state index contributed by atoms with van der Waals surface area (Å²) < 4.78 is 6.03. The molecule has 0 bridgehead atoms. The van der Waals surface area contributed by atoms with Gasteiger partial charge in [0.2, 0.25) is 11.8 Å². The van der Waals surface area contributed by atoms with Gasteiger partial charge >= 0.3 is 0 Å². The van der Waals surface area contributed by atoms with Gasteiger partial charge in [0, 0.05) is 17.5 Å². The summed E-state index contributed by atoms with van der Waals surface area (Å²) in [4.78, 5) is 20.5. The molecule has 28 heavy (non-hydrogen) atoms. The molecule has 0 fully saturated rings. The highest BCUT2D eigenvalue weighted by Gasteiger charge is 2.15. The van der Waals surface area contributed by atoms with E-state index in [1.165, 1.54) is 17.6 Å². The topological polar surface area (TPSA) is 78.1 Å². The van der Waals surface area contributed by atoms with Crippen molar-refractivity contribution in [1.29, 1.82) is 0 Å². The Labute approximate surface area is 169 Å². The molecule has 0 saturated heterocycles. The van der Waals surface area contributed by atoms with Crippen LogP contribution in [0.15, 0.2) is 41.3 Å². The molecule has 0 aliphatic heterocycles. The quantitative estimate of drug-likeness (QED) is 0.479. The zero-order chi connectivity index (χ0) is 20.3. The lowest BCUT2D eigenvalue weighted by Gasteiger charge is -2.14. The Balaban J connectivity index is 1.89. The predicted molar refractivity (Wildman–Crippen MR) is 113 cm³/mol. The highest BCUT2D eigenvalue weighted by atomic mass is 32.2. The van der Waals surface area contributed by atoms with Crippen LogP contribution in [0.3, 0.4) is 0 Å². The van der Waals surface area contributed by atoms with Crippen LogP contribution >= 0.6 is 12.0 Å². The van der Waals surface area contributed by atoms with Crippen LogP contribution < -0.4 is 9.92 Å². The van der Waals surface area contributed by atoms with Gasteiger partial charge in [-0.25, -0.2) is 4.98 Å². The fraction of sp³-hybridized carbons (Fsp3) is 0.227. The maximum Gasteiger partial charge on any atom is 0.236 e. The lowest BCUT2D eigenvalue weighted by atomic mass is 10.0. The standard InChI is InChI=1S/C22H23N3O2S/c1-13-9-14(2)20(15(3)10-13)28-27-21-19(16(4)24-22(23)25-21)11-17-5-7-18(12-26)8-6-17/h5-10,12H,11H2,1-4H3,(H2,23,24,25). The average Bonchev–Trinajstić information content (AvgIpc) is 2.64. The van der Waals surface area contributed by atoms with Gasteiger partial charge in [0.05, 0.1) is 22.6 Å². The minimum atomic E-state index is 0.186. The van der Waals surface area contributed by atoms with E-state index in [9.17, 15) is 4.79 Å². The molecule has 0 radical (unpaired) electrons. The van der Waals surface area contributed by atoms with Crippen LogP contribution in [0.2, 0.25) is 0 Å². The fourth-order valence-electron chi connectivity index (χ4n) is 3.16. The Morgan fingerprint density at radius 3 is 2.29 bits per heavy atom. The first-order valence-corrected chi connectivity index (χ1v) is 9.71. The van der Waals surface area contributed by atoms with Crippen LogP contribution in [0, 0.1) is 27.7 Å². The van der Waals surface area contributed by atoms with Crippen LogP contribution in [0.5, 0.6) is 5.88 Å². The van der Waals surface area contributed by atoms with E-state index in [4.69, 9.17) is 9.92 Å². The number of nitrogens with two attached hydrogens (primary N) is 1. The van der Waals surface area contributed by atoms with Crippen LogP contribution in [-0.4, -0.2) is 16.3 Å². The molecule has 0 amide bonds. The summed E-state index contributed by atoms with van der Waals surface area (Å²) in [5.41, 5.74) is 12.7. The van der Waals surface area contributed by atoms with Gasteiger partial charge in [0.25, 0.3) is 0 Å². The summed E-state index contributed by atoms with van der Waals surface area (Å²) in [6.45, 7) is 8.12. The maximum atomic E-state index is 10.9. The van der Waals surface area contributed by atoms with E-state index in [-0.39, 0.29) is 5.95 Å². The molecule has 0 saturated carbocycles. The number of hydrogen-bond donors (Lipinski definition) is 1. The molecule has 3 rings (SSSR count). The molecular formula is C22H23N3O2S. The lowest BCUT2D eigenvalue weighted by molar-refractivity contribution is 0.112. The summed E-state index contributed by atoms with van der Waals surface area (Å²) in [5.74, 6) is 0.652. The summed E-state index contributed by atoms with van der Waals surface area (Å²) in [6.07, 6.45) is 1.42. The number of aldehydes is 1. The first-order valence-electron chi connectivity index (χ1n) is 8.97. The van der Waals surface area contributed by atoms with Gasteiger partial charge in [-0.2, -0.15) is 4.98 Å². The van der Waals surface area contributed by atoms with Crippen molar-refractivity contribution >= 4 is 24.3 Å². The minimum Gasteiger partial charge on any atom is -0.400 e. The molecule has 3 aromatic rings. The Morgan fingerprint density at radius 2 is 1.68 bits per heavy atom. The number of hydrogen-bond acceptors (Lipinski definition) is 6. The molecule has 0 spiro atoms. The highest BCUT2D eigenvalue weighted by molar-refractivity contribution is 7.95. The number of carbonyl (C=O) groups excluding carboxylic acids is 1. The SMILES string of the molecule is Cc1cc(C)c(SOc2nc(N)nc(C)c2Cc2ccc(C=O)cc2)c(C)c1. The molecular weight excluding hydrogens is 370 g/mol. The van der Waals surface area contributed by atoms with Gasteiger partial charge in [0.1, 0.15) is 6.29 Å². The lowest BCUT2D eigenvalue weighted by Crippen LogP contribution is -2.05. The van der Waals surface area contributed by atoms with Crippen molar-refractivity contribution in [3.05, 3.63) is 75.5 Å². The van der Waals surface area contributed by atoms with Crippen molar-refractivity contribution in [2.75, 3.05) is 5.73 Å². The molecule has 0 unspecified atom stereocenters. The number of aromatic nitrogens is 2. The third kappa shape index (κ3) is 4.51. The molecule has 0 aliphatic rings. The molecule has 144 valence electrons. The van der Waals surface area contributed by atoms with E-state index in [1.807, 2.05) is 19.1 Å². The maximum absolute atomic E-state index is 10.9. The Bertz CT molecular complexity index is 994. The second-order valence-electron chi connectivity index (χ2n) is 6.88. The van der Waals surface area contributed by atoms with Gasteiger partial charge < -0.3 is 9.92 Å². The Morgan fingerprint density at radius 1 is 1.04 bits per heavy atom. The van der Waals surface area contributed by atoms with Crippen molar-refractivity contribution in [3.63, 3.8) is 0 Å². The molecule has 1 heterocycles. The number of anilines is 1. The summed E-state index contributed by atoms with van der Waals surface area (Å²) in [7, 11) is 0. The van der Waals surface area contributed by atoms with Crippen LogP contribution in [0.1, 0.15) is 43.9 Å². The van der Waals surface area contributed by atoms with Gasteiger partial charge in [-0.05, 0) is 44.4 Å². The van der Waals surface area contributed by atoms with Crippen LogP contribution in [0.25, 0.3) is 0 Å². The van der Waals surface area contributed by atoms with E-state index < -0.39 is 0 Å². The first kappa shape index (κ1) is 19.9. The van der Waals surface area contributed by atoms with E-state index in [0.717, 1.165) is 39.1 Å². The normalized spacial score (nSPS) is 10.7. The van der Waals surface area contributed by atoms with Gasteiger partial charge in [-0.1, -0.05) is 42.0 Å². The molecule has 0 atom stereocenters. The predicted octanol–water partition coefficient (Wildman–Crippen LogP) is 4.78. The van der Waals surface area contributed by atoms with Crippen molar-refractivity contribution in [3.8, 4) is 5.88 Å². The third-order valence-corrected chi connectivity index (χ3v) is 5.55. The summed E-state index contributed by atoms with van der Waals surface area (Å²) in [5, 5.41) is 0. The Kier molecular flexibility index (Phi) is 5.99. The third-order valence-electron chi connectivity index (χ3n) is 4.50. The number of aryl methyl sites for hydroxylation is 4. The number of rotatable bonds is 6. The summed E-state index contributed by atoms with van der Waals surface area (Å²) in [6, 6.07) is 11.7. The Hall–Kier alpha value is -2.86. The molecule has 6 heteroatoms. The van der Waals surface area contributed by atoms with Crippen molar-refractivity contribution in [1.82, 2.24) is 9.97 Å². The van der Waals surface area contributed by atoms with Crippen molar-refractivity contribution < 1.29 is 8.98 Å². The zero-order valence-corrected chi connectivity index (χ0v) is 17.3. The van der Waals surface area contributed by atoms with Crippen LogP contribution in [-0.2, 0) is 6.42 Å². The minimum absolute atomic E-state index is 0.186. The van der Waals surface area contributed by atoms with E-state index in [2.05, 4.69) is 42.9 Å². The molecule has 2 N–H and O–H groups in total. The van der Waals surface area contributed by atoms with Gasteiger partial charge in [0.15, 0.2) is 0 Å². The van der Waals surface area contributed by atoms with Gasteiger partial charge in [-0.3, -0.25) is 4.79 Å². The molecule has 2 aromatic carbocycles. The zero-order valence-electron chi connectivity index (χ0n) is 16.4. The number of nitrogen functional groups attached to an aromatic ring is 1. The largest absolute Gasteiger partial charge is 0.400 e. The van der Waals surface area contributed by atoms with E-state index in [1.54, 1.807) is 12.1 Å². The monoisotopic (exact) mass is 393 g/mol. The second kappa shape index (κ2) is 8.44. The highest BCUT2D eigenvalue weighted by Crippen LogP contribution is 2.32. The summed E-state index contributed by atoms with van der Waals surface area (Å²) >= 11 is 1.29. The fourth-order valence-corrected chi connectivity index (χ4v) is 3.84. The number of nitrogens with zero attached hydrogens (tertiary/aromatic N) is 2. The van der Waals surface area contributed by atoms with Crippen molar-refractivity contribution in [2.24, 2.45) is 0 Å². The van der Waals surface area contributed by atoms with E-state index in [0.29, 0.717) is 17.9 Å². The first-order chi connectivity index (χ1) is 13.4.